The van der Waals surface area contributed by atoms with Crippen molar-refractivity contribution in [1.29, 1.82) is 0 Å². The Balaban J connectivity index is 1.73. The molecule has 0 radical (unpaired) electrons. The molecule has 2 heteroatoms. The zero-order valence-corrected chi connectivity index (χ0v) is 11.8. The van der Waals surface area contributed by atoms with E-state index < -0.39 is 0 Å². The fourth-order valence-corrected chi connectivity index (χ4v) is 3.29. The smallest absolute Gasteiger partial charge is 0.0469 e. The first-order valence-electron chi connectivity index (χ1n) is 7.41. The maximum atomic E-state index is 5.44. The van der Waals surface area contributed by atoms with E-state index in [0.717, 1.165) is 25.2 Å². The van der Waals surface area contributed by atoms with Crippen LogP contribution in [0.5, 0.6) is 0 Å². The highest BCUT2D eigenvalue weighted by Gasteiger charge is 2.29. The molecule has 0 aromatic carbocycles. The van der Waals surface area contributed by atoms with Gasteiger partial charge in [-0.3, -0.25) is 0 Å². The fraction of sp³-hybridized carbons (Fsp3) is 1.00. The summed E-state index contributed by atoms with van der Waals surface area (Å²) in [5.74, 6) is 0.832. The molecule has 2 aliphatic rings. The topological polar surface area (TPSA) is 21.3 Å². The molecule has 1 aliphatic heterocycles. The van der Waals surface area contributed by atoms with Crippen molar-refractivity contribution in [1.82, 2.24) is 5.32 Å². The van der Waals surface area contributed by atoms with Crippen molar-refractivity contribution in [2.24, 2.45) is 11.3 Å². The lowest BCUT2D eigenvalue weighted by Crippen LogP contribution is -2.44. The Bertz CT molecular complexity index is 223. The lowest BCUT2D eigenvalue weighted by atomic mass is 9.75. The Hall–Kier alpha value is -0.0800. The summed E-state index contributed by atoms with van der Waals surface area (Å²) < 4.78 is 5.44. The van der Waals surface area contributed by atoms with Gasteiger partial charge in [-0.2, -0.15) is 0 Å². The summed E-state index contributed by atoms with van der Waals surface area (Å²) in [7, 11) is 0. The van der Waals surface area contributed by atoms with E-state index in [2.05, 4.69) is 26.1 Å². The van der Waals surface area contributed by atoms with Gasteiger partial charge in [0.05, 0.1) is 0 Å². The third-order valence-corrected chi connectivity index (χ3v) is 4.81. The third-order valence-electron chi connectivity index (χ3n) is 4.81. The molecular weight excluding hydrogens is 210 g/mol. The van der Waals surface area contributed by atoms with E-state index in [1.807, 2.05) is 0 Å². The van der Waals surface area contributed by atoms with Gasteiger partial charge in [-0.05, 0) is 56.8 Å². The van der Waals surface area contributed by atoms with Crippen molar-refractivity contribution in [3.8, 4) is 0 Å². The molecule has 0 aromatic heterocycles. The normalized spacial score (nSPS) is 29.1. The van der Waals surface area contributed by atoms with Gasteiger partial charge in [0.2, 0.25) is 0 Å². The average Bonchev–Trinajstić information content (AvgIpc) is 2.33. The first kappa shape index (κ1) is 13.4. The van der Waals surface area contributed by atoms with Crippen molar-refractivity contribution in [3.05, 3.63) is 0 Å². The highest BCUT2D eigenvalue weighted by Crippen LogP contribution is 2.35. The van der Waals surface area contributed by atoms with Crippen LogP contribution in [0.3, 0.4) is 0 Å². The molecule has 1 atom stereocenters. The number of ether oxygens (including phenoxy) is 1. The van der Waals surface area contributed by atoms with Gasteiger partial charge in [0.1, 0.15) is 0 Å². The molecule has 17 heavy (non-hydrogen) atoms. The zero-order chi connectivity index (χ0) is 12.3. The molecule has 1 aliphatic carbocycles. The van der Waals surface area contributed by atoms with Crippen LogP contribution in [0.2, 0.25) is 0 Å². The van der Waals surface area contributed by atoms with Crippen LogP contribution < -0.4 is 5.32 Å². The monoisotopic (exact) mass is 239 g/mol. The molecule has 100 valence electrons. The minimum absolute atomic E-state index is 0.583. The van der Waals surface area contributed by atoms with Crippen LogP contribution in [0.4, 0.5) is 0 Å². The van der Waals surface area contributed by atoms with E-state index in [9.17, 15) is 0 Å². The molecular formula is C15H29NO. The Kier molecular flexibility index (Phi) is 4.48. The summed E-state index contributed by atoms with van der Waals surface area (Å²) in [5.41, 5.74) is 0.583. The van der Waals surface area contributed by atoms with Crippen LogP contribution in [0.15, 0.2) is 0 Å². The van der Waals surface area contributed by atoms with Gasteiger partial charge >= 0.3 is 0 Å². The van der Waals surface area contributed by atoms with Gasteiger partial charge in [0.15, 0.2) is 0 Å². The molecule has 1 heterocycles. The van der Waals surface area contributed by atoms with E-state index >= 15 is 0 Å². The summed E-state index contributed by atoms with van der Waals surface area (Å²) in [4.78, 5) is 0. The molecule has 2 nitrogen and oxygen atoms in total. The van der Waals surface area contributed by atoms with E-state index in [1.54, 1.807) is 0 Å². The van der Waals surface area contributed by atoms with Crippen molar-refractivity contribution in [2.45, 2.75) is 71.4 Å². The number of hydrogen-bond acceptors (Lipinski definition) is 2. The predicted octanol–water partition coefficient (Wildman–Crippen LogP) is 3.36. The van der Waals surface area contributed by atoms with Crippen molar-refractivity contribution in [3.63, 3.8) is 0 Å². The summed E-state index contributed by atoms with van der Waals surface area (Å²) in [6.45, 7) is 9.12. The van der Waals surface area contributed by atoms with Crippen LogP contribution in [-0.4, -0.2) is 25.3 Å². The lowest BCUT2D eigenvalue weighted by Gasteiger charge is -2.38. The Labute approximate surface area is 107 Å². The fourth-order valence-electron chi connectivity index (χ4n) is 3.29. The molecule has 0 amide bonds. The molecule has 0 bridgehead atoms. The molecule has 2 rings (SSSR count). The maximum Gasteiger partial charge on any atom is 0.0469 e. The quantitative estimate of drug-likeness (QED) is 0.815. The van der Waals surface area contributed by atoms with E-state index in [1.165, 1.54) is 38.5 Å². The summed E-state index contributed by atoms with van der Waals surface area (Å²) >= 11 is 0. The molecule has 1 N–H and O–H groups in total. The summed E-state index contributed by atoms with van der Waals surface area (Å²) in [5, 5.41) is 3.87. The van der Waals surface area contributed by atoms with E-state index in [0.29, 0.717) is 11.5 Å². The van der Waals surface area contributed by atoms with Gasteiger partial charge < -0.3 is 10.1 Å². The number of hydrogen-bond donors (Lipinski definition) is 1. The lowest BCUT2D eigenvalue weighted by molar-refractivity contribution is 0.0524. The van der Waals surface area contributed by atoms with Gasteiger partial charge in [-0.15, -0.1) is 0 Å². The summed E-state index contributed by atoms with van der Waals surface area (Å²) in [6.07, 6.45) is 7.97. The van der Waals surface area contributed by atoms with Crippen molar-refractivity contribution in [2.75, 3.05) is 13.2 Å². The van der Waals surface area contributed by atoms with Crippen LogP contribution in [0, 0.1) is 11.3 Å². The zero-order valence-electron chi connectivity index (χ0n) is 11.8. The Morgan fingerprint density at radius 3 is 2.24 bits per heavy atom. The second kappa shape index (κ2) is 5.71. The molecule has 1 unspecified atom stereocenters. The van der Waals surface area contributed by atoms with E-state index in [4.69, 9.17) is 4.74 Å². The maximum absolute atomic E-state index is 5.44. The van der Waals surface area contributed by atoms with Gasteiger partial charge in [0, 0.05) is 25.3 Å². The molecule has 1 saturated carbocycles. The molecule has 1 saturated heterocycles. The van der Waals surface area contributed by atoms with Crippen molar-refractivity contribution >= 4 is 0 Å². The SMILES string of the molecule is CC(NC1CCC(C)(C)CC1)C1CCOCC1. The molecule has 2 fully saturated rings. The van der Waals surface area contributed by atoms with Crippen LogP contribution in [0.1, 0.15) is 59.3 Å². The second-order valence-corrected chi connectivity index (χ2v) is 6.84. The number of rotatable bonds is 3. The van der Waals surface area contributed by atoms with Gasteiger partial charge in [-0.1, -0.05) is 13.8 Å². The minimum Gasteiger partial charge on any atom is -0.381 e. The van der Waals surface area contributed by atoms with E-state index in [-0.39, 0.29) is 0 Å². The Morgan fingerprint density at radius 2 is 1.65 bits per heavy atom. The Morgan fingerprint density at radius 1 is 1.06 bits per heavy atom. The summed E-state index contributed by atoms with van der Waals surface area (Å²) in [6, 6.07) is 1.44. The van der Waals surface area contributed by atoms with Crippen LogP contribution in [-0.2, 0) is 4.74 Å². The minimum atomic E-state index is 0.583. The highest BCUT2D eigenvalue weighted by molar-refractivity contribution is 4.85. The first-order chi connectivity index (χ1) is 8.07. The van der Waals surface area contributed by atoms with Gasteiger partial charge in [0.25, 0.3) is 0 Å². The van der Waals surface area contributed by atoms with Crippen molar-refractivity contribution < 1.29 is 4.74 Å². The number of nitrogens with one attached hydrogen (secondary N) is 1. The molecule has 0 spiro atoms. The van der Waals surface area contributed by atoms with Crippen LogP contribution >= 0.6 is 0 Å². The second-order valence-electron chi connectivity index (χ2n) is 6.84. The highest BCUT2D eigenvalue weighted by atomic mass is 16.5. The first-order valence-corrected chi connectivity index (χ1v) is 7.41. The third kappa shape index (κ3) is 3.96. The molecule has 0 aromatic rings. The average molecular weight is 239 g/mol. The van der Waals surface area contributed by atoms with Gasteiger partial charge in [-0.25, -0.2) is 0 Å². The van der Waals surface area contributed by atoms with Crippen LogP contribution in [0.25, 0.3) is 0 Å². The standard InChI is InChI=1S/C15H29NO/c1-12(13-6-10-17-11-7-13)16-14-4-8-15(2,3)9-5-14/h12-14,16H,4-11H2,1-3H3. The largest absolute Gasteiger partial charge is 0.381 e. The predicted molar refractivity (Wildman–Crippen MR) is 72.2 cm³/mol.